The average Bonchev–Trinajstić information content (AvgIpc) is 2.64. The van der Waals surface area contributed by atoms with Crippen molar-refractivity contribution >= 4 is 11.6 Å². The largest absolute Gasteiger partial charge is 0.448 e. The molecule has 0 fully saturated rings. The van der Waals surface area contributed by atoms with E-state index in [0.29, 0.717) is 5.76 Å². The van der Waals surface area contributed by atoms with Crippen LogP contribution in [-0.2, 0) is 0 Å². The van der Waals surface area contributed by atoms with Crippen molar-refractivity contribution in [2.75, 3.05) is 5.32 Å². The molecule has 0 unspecified atom stereocenters. The number of oxazole rings is 1. The summed E-state index contributed by atoms with van der Waals surface area (Å²) in [6.45, 7) is 1.62. The Morgan fingerprint density at radius 3 is 2.94 bits per heavy atom. The smallest absolute Gasteiger partial charge is 0.277 e. The molecule has 0 aliphatic heterocycles. The number of nitrogens with zero attached hydrogens (tertiary/aromatic N) is 2. The van der Waals surface area contributed by atoms with Gasteiger partial charge in [0.05, 0.1) is 18.1 Å². The third kappa shape index (κ3) is 2.05. The minimum atomic E-state index is -0.519. The minimum Gasteiger partial charge on any atom is -0.448 e. The summed E-state index contributed by atoms with van der Waals surface area (Å²) in [6.07, 6.45) is 3.57. The summed E-state index contributed by atoms with van der Waals surface area (Å²) in [5.74, 6) is -0.574. The van der Waals surface area contributed by atoms with Gasteiger partial charge in [-0.2, -0.15) is 0 Å². The van der Waals surface area contributed by atoms with E-state index in [2.05, 4.69) is 15.3 Å². The number of rotatable bonds is 2. The Morgan fingerprint density at radius 1 is 1.50 bits per heavy atom. The molecule has 0 saturated heterocycles. The highest BCUT2D eigenvalue weighted by molar-refractivity contribution is 6.03. The molecule has 0 aromatic carbocycles. The van der Waals surface area contributed by atoms with Gasteiger partial charge in [0.25, 0.3) is 5.91 Å². The highest BCUT2D eigenvalue weighted by Crippen LogP contribution is 2.10. The van der Waals surface area contributed by atoms with Crippen molar-refractivity contribution in [3.05, 3.63) is 42.1 Å². The van der Waals surface area contributed by atoms with Gasteiger partial charge in [0.15, 0.2) is 12.1 Å². The van der Waals surface area contributed by atoms with Gasteiger partial charge in [-0.1, -0.05) is 0 Å². The van der Waals surface area contributed by atoms with Crippen molar-refractivity contribution in [3.63, 3.8) is 0 Å². The van der Waals surface area contributed by atoms with Crippen LogP contribution in [-0.4, -0.2) is 15.9 Å². The molecule has 16 heavy (non-hydrogen) atoms. The fourth-order valence-electron chi connectivity index (χ4n) is 1.19. The Kier molecular flexibility index (Phi) is 2.63. The maximum Gasteiger partial charge on any atom is 0.277 e. The van der Waals surface area contributed by atoms with Crippen LogP contribution in [0.4, 0.5) is 10.1 Å². The van der Waals surface area contributed by atoms with Gasteiger partial charge in [-0.25, -0.2) is 9.37 Å². The highest BCUT2D eigenvalue weighted by Gasteiger charge is 2.13. The van der Waals surface area contributed by atoms with Gasteiger partial charge in [-0.3, -0.25) is 9.78 Å². The summed E-state index contributed by atoms with van der Waals surface area (Å²) < 4.78 is 17.7. The molecule has 2 aromatic heterocycles. The Labute approximate surface area is 90.3 Å². The second-order valence-electron chi connectivity index (χ2n) is 3.10. The van der Waals surface area contributed by atoms with Gasteiger partial charge in [-0.05, 0) is 6.92 Å². The predicted molar refractivity (Wildman–Crippen MR) is 53.4 cm³/mol. The fourth-order valence-corrected chi connectivity index (χ4v) is 1.19. The lowest BCUT2D eigenvalue weighted by molar-refractivity contribution is 0.102. The molecule has 6 heteroatoms. The van der Waals surface area contributed by atoms with Crippen molar-refractivity contribution in [3.8, 4) is 0 Å². The first-order valence-corrected chi connectivity index (χ1v) is 4.49. The lowest BCUT2D eigenvalue weighted by Gasteiger charge is -2.02. The Balaban J connectivity index is 2.17. The van der Waals surface area contributed by atoms with Crippen LogP contribution < -0.4 is 5.32 Å². The molecular weight excluding hydrogens is 213 g/mol. The van der Waals surface area contributed by atoms with Crippen LogP contribution in [0.1, 0.15) is 16.2 Å². The van der Waals surface area contributed by atoms with E-state index >= 15 is 0 Å². The number of hydrogen-bond donors (Lipinski definition) is 1. The number of anilines is 1. The van der Waals surface area contributed by atoms with E-state index in [1.165, 1.54) is 18.7 Å². The Morgan fingerprint density at radius 2 is 2.31 bits per heavy atom. The number of hydrogen-bond acceptors (Lipinski definition) is 4. The third-order valence-electron chi connectivity index (χ3n) is 1.92. The number of aromatic nitrogens is 2. The van der Waals surface area contributed by atoms with E-state index < -0.39 is 11.7 Å². The number of halogens is 1. The number of carbonyl (C=O) groups is 1. The lowest BCUT2D eigenvalue weighted by atomic mass is 10.3. The minimum absolute atomic E-state index is 0.171. The summed E-state index contributed by atoms with van der Waals surface area (Å²) in [4.78, 5) is 19.0. The summed E-state index contributed by atoms with van der Waals surface area (Å²) >= 11 is 0. The van der Waals surface area contributed by atoms with Crippen LogP contribution in [0, 0.1) is 12.7 Å². The second kappa shape index (κ2) is 4.09. The van der Waals surface area contributed by atoms with Gasteiger partial charge in [-0.15, -0.1) is 0 Å². The maximum atomic E-state index is 12.8. The molecule has 1 amide bonds. The molecule has 0 aliphatic rings. The van der Waals surface area contributed by atoms with E-state index in [4.69, 9.17) is 4.42 Å². The number of nitrogens with one attached hydrogen (secondary N) is 1. The molecule has 2 heterocycles. The summed E-state index contributed by atoms with van der Waals surface area (Å²) in [5, 5.41) is 2.46. The number of carbonyl (C=O) groups excluding carboxylic acids is 1. The topological polar surface area (TPSA) is 68.0 Å². The first-order chi connectivity index (χ1) is 7.66. The van der Waals surface area contributed by atoms with Crippen molar-refractivity contribution in [2.45, 2.75) is 6.92 Å². The number of pyridine rings is 1. The van der Waals surface area contributed by atoms with Crippen molar-refractivity contribution in [1.82, 2.24) is 9.97 Å². The fraction of sp³-hybridized carbons (Fsp3) is 0.100. The van der Waals surface area contributed by atoms with Crippen molar-refractivity contribution < 1.29 is 13.6 Å². The zero-order chi connectivity index (χ0) is 11.5. The molecule has 0 spiro atoms. The molecule has 0 aliphatic carbocycles. The molecule has 1 N–H and O–H groups in total. The molecule has 0 saturated carbocycles. The summed E-state index contributed by atoms with van der Waals surface area (Å²) in [5.41, 5.74) is 0.441. The van der Waals surface area contributed by atoms with E-state index in [-0.39, 0.29) is 11.4 Å². The standard InChI is InChI=1S/C10H8FN3O2/c1-6-9(13-5-16-6)10(15)14-8-2-7(11)3-12-4-8/h2-5H,1H3,(H,14,15). The van der Waals surface area contributed by atoms with Crippen LogP contribution in [0.5, 0.6) is 0 Å². The van der Waals surface area contributed by atoms with Gasteiger partial charge in [0.1, 0.15) is 11.6 Å². The molecule has 0 atom stereocenters. The number of aryl methyl sites for hydroxylation is 1. The van der Waals surface area contributed by atoms with Gasteiger partial charge >= 0.3 is 0 Å². The normalized spacial score (nSPS) is 10.1. The molecule has 82 valence electrons. The van der Waals surface area contributed by atoms with Crippen LogP contribution in [0.3, 0.4) is 0 Å². The monoisotopic (exact) mass is 221 g/mol. The summed E-state index contributed by atoms with van der Waals surface area (Å²) in [7, 11) is 0. The van der Waals surface area contributed by atoms with Crippen LogP contribution in [0.2, 0.25) is 0 Å². The zero-order valence-corrected chi connectivity index (χ0v) is 8.40. The highest BCUT2D eigenvalue weighted by atomic mass is 19.1. The quantitative estimate of drug-likeness (QED) is 0.839. The van der Waals surface area contributed by atoms with Crippen LogP contribution >= 0.6 is 0 Å². The molecule has 2 aromatic rings. The number of amides is 1. The molecule has 0 radical (unpaired) electrons. The van der Waals surface area contributed by atoms with Crippen molar-refractivity contribution in [2.24, 2.45) is 0 Å². The third-order valence-corrected chi connectivity index (χ3v) is 1.92. The molecule has 2 rings (SSSR count). The van der Waals surface area contributed by atoms with Gasteiger partial charge < -0.3 is 9.73 Å². The molecular formula is C10H8FN3O2. The average molecular weight is 221 g/mol. The van der Waals surface area contributed by atoms with Gasteiger partial charge in [0, 0.05) is 6.07 Å². The summed E-state index contributed by atoms with van der Waals surface area (Å²) in [6, 6.07) is 1.17. The molecule has 5 nitrogen and oxygen atoms in total. The predicted octanol–water partition coefficient (Wildman–Crippen LogP) is 1.77. The van der Waals surface area contributed by atoms with Crippen LogP contribution in [0.15, 0.2) is 29.3 Å². The Hall–Kier alpha value is -2.24. The van der Waals surface area contributed by atoms with Gasteiger partial charge in [0.2, 0.25) is 0 Å². The van der Waals surface area contributed by atoms with E-state index in [1.54, 1.807) is 6.92 Å². The lowest BCUT2D eigenvalue weighted by Crippen LogP contribution is -2.13. The van der Waals surface area contributed by atoms with E-state index in [0.717, 1.165) is 6.20 Å². The second-order valence-corrected chi connectivity index (χ2v) is 3.10. The first-order valence-electron chi connectivity index (χ1n) is 4.49. The van der Waals surface area contributed by atoms with E-state index in [1.807, 2.05) is 0 Å². The van der Waals surface area contributed by atoms with Crippen LogP contribution in [0.25, 0.3) is 0 Å². The molecule has 0 bridgehead atoms. The van der Waals surface area contributed by atoms with Crippen molar-refractivity contribution in [1.29, 1.82) is 0 Å². The maximum absolute atomic E-state index is 12.8. The first kappa shape index (κ1) is 10.3. The zero-order valence-electron chi connectivity index (χ0n) is 8.40. The van der Waals surface area contributed by atoms with E-state index in [9.17, 15) is 9.18 Å². The Bertz CT molecular complexity index is 524. The SMILES string of the molecule is Cc1ocnc1C(=O)Nc1cncc(F)c1.